The van der Waals surface area contributed by atoms with Crippen molar-refractivity contribution in [3.05, 3.63) is 69.2 Å². The summed E-state index contributed by atoms with van der Waals surface area (Å²) in [5, 5.41) is 72.5. The number of fused-ring (bicyclic) bond motifs is 14. The van der Waals surface area contributed by atoms with E-state index in [1.165, 1.54) is 73.6 Å². The molecule has 0 fully saturated rings. The molecule has 3 heterocycles. The van der Waals surface area contributed by atoms with Gasteiger partial charge in [-0.15, -0.1) is 0 Å². The van der Waals surface area contributed by atoms with Crippen molar-refractivity contribution in [1.82, 2.24) is 0 Å². The van der Waals surface area contributed by atoms with E-state index in [1.54, 1.807) is 0 Å². The zero-order chi connectivity index (χ0) is 44.6. The van der Waals surface area contributed by atoms with Crippen molar-refractivity contribution in [2.75, 3.05) is 19.2 Å². The molecule has 5 rings (SSSR count). The number of Topliss-reactive ketones (excluding diaryl/α,β-unsaturated/α-hetero) is 1. The molecule has 1 aromatic rings. The van der Waals surface area contributed by atoms with Gasteiger partial charge in [0, 0.05) is 48.0 Å². The third-order valence-electron chi connectivity index (χ3n) is 10.9. The summed E-state index contributed by atoms with van der Waals surface area (Å²) in [7, 11) is 1.01. The van der Waals surface area contributed by atoms with Crippen LogP contribution in [0.2, 0.25) is 0 Å². The maximum absolute atomic E-state index is 14.0. The number of aliphatic hydroxyl groups is 5. The van der Waals surface area contributed by atoms with E-state index in [4.69, 9.17) is 23.7 Å². The van der Waals surface area contributed by atoms with Gasteiger partial charge in [-0.2, -0.15) is 0 Å². The van der Waals surface area contributed by atoms with Gasteiger partial charge < -0.3 is 59.6 Å². The molecule has 17 heteroatoms. The Labute approximate surface area is 341 Å². The Bertz CT molecular complexity index is 2090. The minimum absolute atomic E-state index is 0.00133. The number of aromatic hydroxyl groups is 1. The number of rotatable bonds is 3. The van der Waals surface area contributed by atoms with Crippen LogP contribution >= 0.6 is 0 Å². The number of phenolic OH excluding ortho intramolecular Hbond substituents is 1. The minimum atomic E-state index is -2.26. The highest BCUT2D eigenvalue weighted by molar-refractivity contribution is 6.21. The van der Waals surface area contributed by atoms with E-state index in [9.17, 15) is 54.6 Å². The topological polar surface area (TPSA) is 265 Å². The van der Waals surface area contributed by atoms with Gasteiger partial charge >= 0.3 is 17.9 Å². The van der Waals surface area contributed by atoms with Crippen LogP contribution in [-0.2, 0) is 38.1 Å². The molecule has 1 aliphatic carbocycles. The number of amides is 1. The minimum Gasteiger partial charge on any atom is -0.505 e. The number of hydrogen-bond acceptors (Lipinski definition) is 16. The standard InChI is InChI=1S/C42H53NO16/c1-17-13-12-14-41(9,53)37(49)21(5)31(47)28(40(52)55-11)36(59-24(8)45)22(6)38(50)42(10,54)15-18(2)33-27-25-26(30(46)20(4)34(27)57-16-56-33)32(48)29(43-39(17)51)19(3)35(25)58-23(7)44/h12-15,21-22,28,31,36-38,47-50,53-54H,16H2,1-11H3,(H,43,51)/b14-12-,17-13+,18-15+/t21-,22-,28+,31+,36+,37-,38+,41-,42+/m0/s1. The Morgan fingerprint density at radius 1 is 0.864 bits per heavy atom. The number of ketones is 1. The van der Waals surface area contributed by atoms with Crippen LogP contribution in [-0.4, -0.2) is 110 Å². The van der Waals surface area contributed by atoms with E-state index in [0.717, 1.165) is 27.0 Å². The maximum Gasteiger partial charge on any atom is 0.315 e. The quantitative estimate of drug-likeness (QED) is 0.131. The fourth-order valence-corrected chi connectivity index (χ4v) is 7.66. The van der Waals surface area contributed by atoms with Gasteiger partial charge in [-0.3, -0.25) is 24.0 Å². The number of ether oxygens (including phenoxy) is 5. The fraction of sp³-hybridized carbons (Fsp3) is 0.500. The molecular formula is C42H53NO16. The molecule has 322 valence electrons. The molecule has 59 heavy (non-hydrogen) atoms. The second kappa shape index (κ2) is 17.5. The normalized spacial score (nSPS) is 33.0. The van der Waals surface area contributed by atoms with Crippen molar-refractivity contribution in [3.8, 4) is 11.5 Å². The molecule has 0 unspecified atom stereocenters. The van der Waals surface area contributed by atoms with E-state index < -0.39 is 95.5 Å². The average Bonchev–Trinajstić information content (AvgIpc) is 3.16. The second-order valence-electron chi connectivity index (χ2n) is 15.6. The average molecular weight is 828 g/mol. The van der Waals surface area contributed by atoms with Crippen LogP contribution in [0.4, 0.5) is 5.69 Å². The molecule has 0 saturated heterocycles. The number of phenols is 1. The monoisotopic (exact) mass is 827 g/mol. The van der Waals surface area contributed by atoms with Crippen molar-refractivity contribution in [2.24, 2.45) is 17.8 Å². The smallest absolute Gasteiger partial charge is 0.315 e. The van der Waals surface area contributed by atoms with Gasteiger partial charge in [-0.05, 0) is 53.2 Å². The van der Waals surface area contributed by atoms with Gasteiger partial charge in [0.25, 0.3) is 5.91 Å². The third kappa shape index (κ3) is 8.99. The largest absolute Gasteiger partial charge is 0.505 e. The number of hydrogen-bond donors (Lipinski definition) is 7. The number of carbonyl (C=O) groups is 5. The lowest BCUT2D eigenvalue weighted by Crippen LogP contribution is -2.55. The van der Waals surface area contributed by atoms with Gasteiger partial charge in [-0.1, -0.05) is 32.1 Å². The lowest BCUT2D eigenvalue weighted by atomic mass is 9.74. The van der Waals surface area contributed by atoms with Crippen LogP contribution < -0.4 is 10.1 Å². The molecule has 3 aliphatic heterocycles. The molecular weight excluding hydrogens is 774 g/mol. The van der Waals surface area contributed by atoms with Gasteiger partial charge in [0.2, 0.25) is 6.79 Å². The number of nitrogens with one attached hydrogen (secondary N) is 1. The van der Waals surface area contributed by atoms with E-state index in [0.29, 0.717) is 0 Å². The molecule has 0 saturated carbocycles. The molecule has 1 aromatic carbocycles. The van der Waals surface area contributed by atoms with Crippen molar-refractivity contribution in [3.63, 3.8) is 0 Å². The first-order valence-electron chi connectivity index (χ1n) is 18.8. The summed E-state index contributed by atoms with van der Waals surface area (Å²) in [6.45, 7) is 12.5. The summed E-state index contributed by atoms with van der Waals surface area (Å²) in [4.78, 5) is 66.1. The Balaban J connectivity index is 2.12. The highest BCUT2D eigenvalue weighted by Crippen LogP contribution is 2.53. The predicted octanol–water partition coefficient (Wildman–Crippen LogP) is 2.79. The zero-order valence-corrected chi connectivity index (χ0v) is 34.8. The summed E-state index contributed by atoms with van der Waals surface area (Å²) >= 11 is 0. The first kappa shape index (κ1) is 46.4. The van der Waals surface area contributed by atoms with Crippen molar-refractivity contribution >= 4 is 40.9 Å². The predicted molar refractivity (Wildman–Crippen MR) is 209 cm³/mol. The Kier molecular flexibility index (Phi) is 13.7. The van der Waals surface area contributed by atoms with Crippen molar-refractivity contribution in [2.45, 2.75) is 105 Å². The number of allylic oxidation sites excluding steroid dienone is 5. The van der Waals surface area contributed by atoms with E-state index in [1.807, 2.05) is 0 Å². The summed E-state index contributed by atoms with van der Waals surface area (Å²) in [5.74, 6) is -9.89. The van der Waals surface area contributed by atoms with E-state index in [-0.39, 0.29) is 61.9 Å². The van der Waals surface area contributed by atoms with E-state index in [2.05, 4.69) is 5.32 Å². The number of benzene rings is 1. The van der Waals surface area contributed by atoms with Crippen LogP contribution in [0.5, 0.6) is 11.5 Å². The zero-order valence-electron chi connectivity index (χ0n) is 34.8. The van der Waals surface area contributed by atoms with Crippen LogP contribution in [0.1, 0.15) is 83.8 Å². The van der Waals surface area contributed by atoms with Crippen molar-refractivity contribution in [1.29, 1.82) is 0 Å². The molecule has 4 aliphatic rings. The van der Waals surface area contributed by atoms with Gasteiger partial charge in [-0.25, -0.2) is 0 Å². The number of esters is 3. The SMILES string of the molecule is COC(=O)[C@@H]1[C@H](O)[C@H](C)[C@H](O)[C@@](C)(O)/C=C\C=C(/C)C(=O)Nc2c(C)c(OC(C)=O)c3c(c2O)C(=O)C(C)=C2OCOC(=C23)/C(C)=C/[C@@](C)(O)[C@H](O)[C@@H](C)[C@H]1OC(C)=O. The summed E-state index contributed by atoms with van der Waals surface area (Å²) < 4.78 is 27.9. The molecule has 0 spiro atoms. The van der Waals surface area contributed by atoms with Gasteiger partial charge in [0.1, 0.15) is 40.5 Å². The molecule has 1 amide bonds. The number of methoxy groups -OCH3 is 1. The van der Waals surface area contributed by atoms with Crippen LogP contribution in [0, 0.1) is 24.7 Å². The Morgan fingerprint density at radius 3 is 2.03 bits per heavy atom. The molecule has 17 nitrogen and oxygen atoms in total. The first-order valence-corrected chi connectivity index (χ1v) is 18.8. The molecule has 0 radical (unpaired) electrons. The van der Waals surface area contributed by atoms with E-state index >= 15 is 0 Å². The number of aliphatic hydroxyl groups excluding tert-OH is 3. The lowest BCUT2D eigenvalue weighted by molar-refractivity contribution is -0.183. The second-order valence-corrected chi connectivity index (χ2v) is 15.6. The van der Waals surface area contributed by atoms with Crippen molar-refractivity contribution < 1.29 is 78.3 Å². The Morgan fingerprint density at radius 2 is 1.46 bits per heavy atom. The molecule has 7 N–H and O–H groups in total. The third-order valence-corrected chi connectivity index (χ3v) is 10.9. The summed E-state index contributed by atoms with van der Waals surface area (Å²) in [5.41, 5.74) is -5.03. The Hall–Kier alpha value is -5.33. The molecule has 0 aromatic heterocycles. The van der Waals surface area contributed by atoms with Crippen LogP contribution in [0.25, 0.3) is 5.57 Å². The molecule has 4 bridgehead atoms. The first-order chi connectivity index (χ1) is 27.3. The number of anilines is 1. The number of carbonyl (C=O) groups excluding carboxylic acids is 5. The summed E-state index contributed by atoms with van der Waals surface area (Å²) in [6.07, 6.45) is -2.49. The van der Waals surface area contributed by atoms with Crippen LogP contribution in [0.15, 0.2) is 52.5 Å². The highest BCUT2D eigenvalue weighted by Gasteiger charge is 2.50. The highest BCUT2D eigenvalue weighted by atomic mass is 16.7. The lowest BCUT2D eigenvalue weighted by Gasteiger charge is -2.41. The molecule has 9 atom stereocenters. The van der Waals surface area contributed by atoms with Gasteiger partial charge in [0.05, 0.1) is 42.2 Å². The summed E-state index contributed by atoms with van der Waals surface area (Å²) in [6, 6.07) is 0. The van der Waals surface area contributed by atoms with Gasteiger partial charge in [0.15, 0.2) is 11.5 Å². The van der Waals surface area contributed by atoms with Crippen LogP contribution in [0.3, 0.4) is 0 Å². The maximum atomic E-state index is 14.0. The fourth-order valence-electron chi connectivity index (χ4n) is 7.66.